The molecule has 0 aromatic carbocycles. The molecule has 4 nitrogen and oxygen atoms in total. The lowest BCUT2D eigenvalue weighted by molar-refractivity contribution is 0.0696. The van der Waals surface area contributed by atoms with Gasteiger partial charge in [-0.2, -0.15) is 0 Å². The lowest BCUT2D eigenvalue weighted by atomic mass is 10.1. The summed E-state index contributed by atoms with van der Waals surface area (Å²) in [5, 5.41) is 8.76. The third-order valence-corrected chi connectivity index (χ3v) is 1.66. The molecule has 3 N–H and O–H groups in total. The number of aryl methyl sites for hydroxylation is 1. The van der Waals surface area contributed by atoms with E-state index in [1.54, 1.807) is 6.07 Å². The Hall–Kier alpha value is -1.58. The van der Waals surface area contributed by atoms with Gasteiger partial charge in [0.1, 0.15) is 11.4 Å². The lowest BCUT2D eigenvalue weighted by Gasteiger charge is -2.04. The van der Waals surface area contributed by atoms with E-state index in [4.69, 9.17) is 10.8 Å². The molecule has 1 heterocycles. The number of nitrogens with two attached hydrogens (primary N) is 1. The number of aromatic carboxylic acids is 1. The number of nitrogen functional groups attached to an aromatic ring is 1. The summed E-state index contributed by atoms with van der Waals surface area (Å²) in [5.74, 6) is -0.931. The van der Waals surface area contributed by atoms with Crippen LogP contribution in [-0.2, 0) is 6.42 Å². The minimum absolute atomic E-state index is 0.0850. The van der Waals surface area contributed by atoms with Crippen molar-refractivity contribution in [3.63, 3.8) is 0 Å². The molecule has 0 saturated carbocycles. The lowest BCUT2D eigenvalue weighted by Crippen LogP contribution is -2.07. The Morgan fingerprint density at radius 2 is 2.42 bits per heavy atom. The van der Waals surface area contributed by atoms with Gasteiger partial charge in [0.25, 0.3) is 0 Å². The molecule has 0 radical (unpaired) electrons. The fourth-order valence-electron chi connectivity index (χ4n) is 1.06. The highest BCUT2D eigenvalue weighted by Crippen LogP contribution is 2.14. The first-order valence-electron chi connectivity index (χ1n) is 3.63. The normalized spacial score (nSPS) is 9.75. The van der Waals surface area contributed by atoms with Gasteiger partial charge in [0.05, 0.1) is 0 Å². The van der Waals surface area contributed by atoms with E-state index in [9.17, 15) is 4.79 Å². The summed E-state index contributed by atoms with van der Waals surface area (Å²) in [6.45, 7) is 1.88. The summed E-state index contributed by atoms with van der Waals surface area (Å²) in [6.07, 6.45) is 2.16. The van der Waals surface area contributed by atoms with E-state index in [1.165, 1.54) is 6.20 Å². The Morgan fingerprint density at radius 3 is 2.83 bits per heavy atom. The maximum Gasteiger partial charge on any atom is 0.339 e. The van der Waals surface area contributed by atoms with Crippen LogP contribution in [0.2, 0.25) is 0 Å². The fourth-order valence-corrected chi connectivity index (χ4v) is 1.06. The Balaban J connectivity index is 3.29. The number of pyridine rings is 1. The van der Waals surface area contributed by atoms with Gasteiger partial charge in [0.2, 0.25) is 0 Å². The van der Waals surface area contributed by atoms with Gasteiger partial charge in [0.15, 0.2) is 0 Å². The smallest absolute Gasteiger partial charge is 0.339 e. The molecule has 4 heteroatoms. The highest BCUT2D eigenvalue weighted by Gasteiger charge is 2.12. The van der Waals surface area contributed by atoms with E-state index in [0.717, 1.165) is 5.56 Å². The molecular weight excluding hydrogens is 156 g/mol. The number of rotatable bonds is 2. The van der Waals surface area contributed by atoms with Crippen molar-refractivity contribution in [3.8, 4) is 0 Å². The Kier molecular flexibility index (Phi) is 2.28. The topological polar surface area (TPSA) is 76.2 Å². The average molecular weight is 166 g/mol. The number of carboxylic acids is 1. The van der Waals surface area contributed by atoms with Crippen molar-refractivity contribution in [3.05, 3.63) is 23.4 Å². The fraction of sp³-hybridized carbons (Fsp3) is 0.250. The SMILES string of the molecule is CCc1ccnc(N)c1C(=O)O. The van der Waals surface area contributed by atoms with E-state index in [-0.39, 0.29) is 11.4 Å². The molecule has 1 aromatic rings. The number of hydrogen-bond acceptors (Lipinski definition) is 3. The molecular formula is C8H10N2O2. The van der Waals surface area contributed by atoms with Gasteiger partial charge < -0.3 is 10.8 Å². The second-order valence-electron chi connectivity index (χ2n) is 2.39. The van der Waals surface area contributed by atoms with Crippen molar-refractivity contribution >= 4 is 11.8 Å². The number of aromatic nitrogens is 1. The highest BCUT2D eigenvalue weighted by molar-refractivity contribution is 5.94. The first-order chi connectivity index (χ1) is 5.66. The molecule has 0 aliphatic rings. The summed E-state index contributed by atoms with van der Waals surface area (Å²) in [4.78, 5) is 14.4. The molecule has 0 aliphatic heterocycles. The van der Waals surface area contributed by atoms with Crippen molar-refractivity contribution in [1.82, 2.24) is 4.98 Å². The molecule has 0 unspecified atom stereocenters. The van der Waals surface area contributed by atoms with Crippen LogP contribution in [0.1, 0.15) is 22.8 Å². The molecule has 0 fully saturated rings. The maximum absolute atomic E-state index is 10.7. The van der Waals surface area contributed by atoms with Crippen molar-refractivity contribution in [2.75, 3.05) is 5.73 Å². The van der Waals surface area contributed by atoms with Gasteiger partial charge in [-0.3, -0.25) is 0 Å². The standard InChI is InChI=1S/C8H10N2O2/c1-2-5-3-4-10-7(9)6(5)8(11)12/h3-4H,2H2,1H3,(H2,9,10)(H,11,12). The van der Waals surface area contributed by atoms with Gasteiger partial charge >= 0.3 is 5.97 Å². The predicted octanol–water partition coefficient (Wildman–Crippen LogP) is 0.924. The quantitative estimate of drug-likeness (QED) is 0.685. The van der Waals surface area contributed by atoms with Crippen LogP contribution in [0.3, 0.4) is 0 Å². The minimum atomic E-state index is -1.02. The number of nitrogens with zero attached hydrogens (tertiary/aromatic N) is 1. The Labute approximate surface area is 70.0 Å². The summed E-state index contributed by atoms with van der Waals surface area (Å²) < 4.78 is 0. The Morgan fingerprint density at radius 1 is 1.75 bits per heavy atom. The van der Waals surface area contributed by atoms with Crippen LogP contribution in [0.4, 0.5) is 5.82 Å². The van der Waals surface area contributed by atoms with E-state index >= 15 is 0 Å². The molecule has 0 bridgehead atoms. The zero-order valence-corrected chi connectivity index (χ0v) is 6.74. The minimum Gasteiger partial charge on any atom is -0.478 e. The maximum atomic E-state index is 10.7. The number of hydrogen-bond donors (Lipinski definition) is 2. The van der Waals surface area contributed by atoms with Crippen LogP contribution in [0.25, 0.3) is 0 Å². The molecule has 0 atom stereocenters. The van der Waals surface area contributed by atoms with Crippen LogP contribution in [-0.4, -0.2) is 16.1 Å². The zero-order chi connectivity index (χ0) is 9.14. The van der Waals surface area contributed by atoms with Crippen LogP contribution in [0, 0.1) is 0 Å². The van der Waals surface area contributed by atoms with Gasteiger partial charge in [-0.25, -0.2) is 9.78 Å². The number of anilines is 1. The van der Waals surface area contributed by atoms with E-state index < -0.39 is 5.97 Å². The van der Waals surface area contributed by atoms with Gasteiger partial charge in [-0.15, -0.1) is 0 Å². The molecule has 0 aliphatic carbocycles. The Bertz CT molecular complexity index is 310. The second kappa shape index (κ2) is 3.21. The van der Waals surface area contributed by atoms with Crippen LogP contribution in [0.15, 0.2) is 12.3 Å². The van der Waals surface area contributed by atoms with Gasteiger partial charge in [-0.05, 0) is 18.1 Å². The van der Waals surface area contributed by atoms with Crippen molar-refractivity contribution in [2.45, 2.75) is 13.3 Å². The van der Waals surface area contributed by atoms with E-state index in [0.29, 0.717) is 6.42 Å². The molecule has 1 rings (SSSR count). The average Bonchev–Trinajstić information content (AvgIpc) is 2.03. The third kappa shape index (κ3) is 1.37. The molecule has 1 aromatic heterocycles. The highest BCUT2D eigenvalue weighted by atomic mass is 16.4. The summed E-state index contributed by atoms with van der Waals surface area (Å²) in [5.41, 5.74) is 6.25. The van der Waals surface area contributed by atoms with Crippen molar-refractivity contribution in [2.24, 2.45) is 0 Å². The van der Waals surface area contributed by atoms with E-state index in [1.807, 2.05) is 6.92 Å². The molecule has 0 amide bonds. The third-order valence-electron chi connectivity index (χ3n) is 1.66. The largest absolute Gasteiger partial charge is 0.478 e. The molecule has 12 heavy (non-hydrogen) atoms. The monoisotopic (exact) mass is 166 g/mol. The molecule has 0 spiro atoms. The summed E-state index contributed by atoms with van der Waals surface area (Å²) >= 11 is 0. The first kappa shape index (κ1) is 8.52. The van der Waals surface area contributed by atoms with E-state index in [2.05, 4.69) is 4.98 Å². The van der Waals surface area contributed by atoms with Crippen molar-refractivity contribution in [1.29, 1.82) is 0 Å². The molecule has 0 saturated heterocycles. The number of carbonyl (C=O) groups is 1. The first-order valence-corrected chi connectivity index (χ1v) is 3.63. The van der Waals surface area contributed by atoms with Crippen molar-refractivity contribution < 1.29 is 9.90 Å². The zero-order valence-electron chi connectivity index (χ0n) is 6.74. The second-order valence-corrected chi connectivity index (χ2v) is 2.39. The van der Waals surface area contributed by atoms with Crippen LogP contribution < -0.4 is 5.73 Å². The van der Waals surface area contributed by atoms with Gasteiger partial charge in [-0.1, -0.05) is 6.92 Å². The predicted molar refractivity (Wildman–Crippen MR) is 45.0 cm³/mol. The van der Waals surface area contributed by atoms with Crippen LogP contribution >= 0.6 is 0 Å². The van der Waals surface area contributed by atoms with Crippen LogP contribution in [0.5, 0.6) is 0 Å². The van der Waals surface area contributed by atoms with Gasteiger partial charge in [0, 0.05) is 6.20 Å². The summed E-state index contributed by atoms with van der Waals surface area (Å²) in [7, 11) is 0. The molecule has 64 valence electrons. The summed E-state index contributed by atoms with van der Waals surface area (Å²) in [6, 6.07) is 1.67. The number of carboxylic acid groups (broad SMARTS) is 1.